The molecular formula is C25H23NO6. The number of rotatable bonds is 2. The number of nitrogens with zero attached hydrogens (tertiary/aromatic N) is 1. The standard InChI is InChI=1S/C25H23NO6/c1-11-8-18(28)22-16(23(11)29)10-15-13(5-6-14-21(15)25(31)26(2)24(14)30)20(22)12-4-7-19(32-3)17(27)9-12/h4-5,7-9,14-15,20-21,27H,6,10H2,1-3H3. The van der Waals surface area contributed by atoms with E-state index in [-0.39, 0.29) is 41.5 Å². The van der Waals surface area contributed by atoms with Crippen molar-refractivity contribution in [2.24, 2.45) is 17.8 Å². The summed E-state index contributed by atoms with van der Waals surface area (Å²) in [5.41, 5.74) is 2.68. The summed E-state index contributed by atoms with van der Waals surface area (Å²) >= 11 is 0. The van der Waals surface area contributed by atoms with Crippen molar-refractivity contribution in [2.45, 2.75) is 25.7 Å². The molecule has 7 nitrogen and oxygen atoms in total. The summed E-state index contributed by atoms with van der Waals surface area (Å²) in [6, 6.07) is 4.93. The molecule has 1 aromatic carbocycles. The van der Waals surface area contributed by atoms with Crippen LogP contribution in [0.4, 0.5) is 0 Å². The molecule has 0 aromatic heterocycles. The number of Topliss-reactive ketones (excluding diaryl/α,β-unsaturated/α-hetero) is 1. The molecule has 1 aliphatic heterocycles. The van der Waals surface area contributed by atoms with E-state index < -0.39 is 17.8 Å². The maximum absolute atomic E-state index is 13.1. The van der Waals surface area contributed by atoms with Crippen molar-refractivity contribution >= 4 is 23.4 Å². The Balaban J connectivity index is 1.71. The number of carbonyl (C=O) groups is 4. The second-order valence-electron chi connectivity index (χ2n) is 8.90. The topological polar surface area (TPSA) is 101 Å². The van der Waals surface area contributed by atoms with Gasteiger partial charge in [0.05, 0.1) is 18.9 Å². The summed E-state index contributed by atoms with van der Waals surface area (Å²) in [6.07, 6.45) is 3.98. The number of phenolic OH excluding ortho intramolecular Hbond substituents is 1. The van der Waals surface area contributed by atoms with Crippen LogP contribution in [0.5, 0.6) is 11.5 Å². The predicted octanol–water partition coefficient (Wildman–Crippen LogP) is 2.46. The number of hydrogen-bond acceptors (Lipinski definition) is 6. The van der Waals surface area contributed by atoms with Crippen LogP contribution < -0.4 is 4.74 Å². The third-order valence-electron chi connectivity index (χ3n) is 7.32. The highest BCUT2D eigenvalue weighted by atomic mass is 16.5. The molecule has 7 heteroatoms. The van der Waals surface area contributed by atoms with Gasteiger partial charge in [0.1, 0.15) is 0 Å². The van der Waals surface area contributed by atoms with Gasteiger partial charge in [0.15, 0.2) is 23.1 Å². The van der Waals surface area contributed by atoms with E-state index in [4.69, 9.17) is 4.74 Å². The summed E-state index contributed by atoms with van der Waals surface area (Å²) in [5, 5.41) is 10.4. The smallest absolute Gasteiger partial charge is 0.233 e. The number of carbonyl (C=O) groups excluding carboxylic acids is 4. The van der Waals surface area contributed by atoms with Gasteiger partial charge in [-0.2, -0.15) is 0 Å². The highest BCUT2D eigenvalue weighted by Crippen LogP contribution is 2.55. The Bertz CT molecular complexity index is 1200. The quantitative estimate of drug-likeness (QED) is 0.437. The number of ether oxygens (including phenoxy) is 1. The predicted molar refractivity (Wildman–Crippen MR) is 114 cm³/mol. The second kappa shape index (κ2) is 7.02. The van der Waals surface area contributed by atoms with Gasteiger partial charge in [-0.15, -0.1) is 0 Å². The van der Waals surface area contributed by atoms with Crippen molar-refractivity contribution in [2.75, 3.05) is 14.2 Å². The first-order valence-electron chi connectivity index (χ1n) is 10.6. The van der Waals surface area contributed by atoms with Crippen LogP contribution in [0.15, 0.2) is 52.6 Å². The Labute approximate surface area is 185 Å². The first kappa shape index (κ1) is 20.4. The number of imide groups is 1. The molecule has 5 rings (SSSR count). The van der Waals surface area contributed by atoms with Crippen molar-refractivity contribution in [3.05, 3.63) is 58.2 Å². The maximum atomic E-state index is 13.1. The molecule has 0 saturated carbocycles. The molecule has 164 valence electrons. The van der Waals surface area contributed by atoms with Crippen LogP contribution in [0.25, 0.3) is 0 Å². The fourth-order valence-electron chi connectivity index (χ4n) is 5.81. The van der Waals surface area contributed by atoms with Crippen LogP contribution in [-0.4, -0.2) is 47.5 Å². The number of ketones is 2. The van der Waals surface area contributed by atoms with Crippen LogP contribution in [0, 0.1) is 17.8 Å². The molecule has 0 bridgehead atoms. The average Bonchev–Trinajstić information content (AvgIpc) is 3.00. The third kappa shape index (κ3) is 2.66. The summed E-state index contributed by atoms with van der Waals surface area (Å²) in [5.74, 6) is -2.57. The summed E-state index contributed by atoms with van der Waals surface area (Å²) in [7, 11) is 2.95. The van der Waals surface area contributed by atoms with Crippen molar-refractivity contribution in [3.8, 4) is 11.5 Å². The van der Waals surface area contributed by atoms with Gasteiger partial charge in [-0.3, -0.25) is 24.1 Å². The number of aromatic hydroxyl groups is 1. The largest absolute Gasteiger partial charge is 0.504 e. The van der Waals surface area contributed by atoms with Crippen molar-refractivity contribution in [1.29, 1.82) is 0 Å². The van der Waals surface area contributed by atoms with Gasteiger partial charge in [-0.25, -0.2) is 0 Å². The van der Waals surface area contributed by atoms with Crippen LogP contribution >= 0.6 is 0 Å². The monoisotopic (exact) mass is 433 g/mol. The van der Waals surface area contributed by atoms with Gasteiger partial charge in [0, 0.05) is 29.7 Å². The molecule has 0 radical (unpaired) electrons. The molecule has 4 aliphatic rings. The first-order chi connectivity index (χ1) is 15.2. The highest BCUT2D eigenvalue weighted by Gasteiger charge is 2.55. The van der Waals surface area contributed by atoms with Crippen LogP contribution in [0.1, 0.15) is 31.2 Å². The minimum atomic E-state index is -0.573. The molecule has 4 unspecified atom stereocenters. The summed E-state index contributed by atoms with van der Waals surface area (Å²) in [6.45, 7) is 1.62. The number of fused-ring (bicyclic) bond motifs is 3. The lowest BCUT2D eigenvalue weighted by molar-refractivity contribution is -0.138. The van der Waals surface area contributed by atoms with Gasteiger partial charge in [0.25, 0.3) is 0 Å². The van der Waals surface area contributed by atoms with Gasteiger partial charge in [-0.05, 0) is 49.5 Å². The van der Waals surface area contributed by atoms with Crippen molar-refractivity contribution in [1.82, 2.24) is 4.90 Å². The van der Waals surface area contributed by atoms with E-state index in [1.165, 1.54) is 25.1 Å². The van der Waals surface area contributed by atoms with Crippen LogP contribution in [-0.2, 0) is 19.2 Å². The van der Waals surface area contributed by atoms with Crippen molar-refractivity contribution < 1.29 is 29.0 Å². The lowest BCUT2D eigenvalue weighted by atomic mass is 9.59. The summed E-state index contributed by atoms with van der Waals surface area (Å²) in [4.78, 5) is 53.0. The average molecular weight is 433 g/mol. The molecular weight excluding hydrogens is 410 g/mol. The number of amides is 2. The first-order valence-corrected chi connectivity index (χ1v) is 10.6. The van der Waals surface area contributed by atoms with E-state index in [1.54, 1.807) is 25.1 Å². The Morgan fingerprint density at radius 2 is 1.84 bits per heavy atom. The van der Waals surface area contributed by atoms with E-state index in [0.717, 1.165) is 5.57 Å². The lowest BCUT2D eigenvalue weighted by Crippen LogP contribution is -2.39. The van der Waals surface area contributed by atoms with Gasteiger partial charge >= 0.3 is 0 Å². The SMILES string of the molecule is COc1ccc(C2C3=CCC4C(=O)N(C)C(=O)C4C3CC3=C2C(=O)C=C(C)C3=O)cc1O. The zero-order valence-corrected chi connectivity index (χ0v) is 18.0. The van der Waals surface area contributed by atoms with Gasteiger partial charge in [-0.1, -0.05) is 17.7 Å². The molecule has 1 fully saturated rings. The van der Waals surface area contributed by atoms with Crippen LogP contribution in [0.2, 0.25) is 0 Å². The number of hydrogen-bond donors (Lipinski definition) is 1. The number of methoxy groups -OCH3 is 1. The molecule has 32 heavy (non-hydrogen) atoms. The normalized spacial score (nSPS) is 29.4. The molecule has 3 aliphatic carbocycles. The zero-order valence-electron chi connectivity index (χ0n) is 18.0. The molecule has 1 heterocycles. The van der Waals surface area contributed by atoms with E-state index in [9.17, 15) is 24.3 Å². The highest BCUT2D eigenvalue weighted by molar-refractivity contribution is 6.23. The minimum absolute atomic E-state index is 0.0725. The minimum Gasteiger partial charge on any atom is -0.504 e. The van der Waals surface area contributed by atoms with Gasteiger partial charge in [0.2, 0.25) is 11.8 Å². The van der Waals surface area contributed by atoms with Crippen molar-refractivity contribution in [3.63, 3.8) is 0 Å². The van der Waals surface area contributed by atoms with E-state index in [1.807, 2.05) is 6.08 Å². The van der Waals surface area contributed by atoms with Gasteiger partial charge < -0.3 is 9.84 Å². The second-order valence-corrected chi connectivity index (χ2v) is 8.90. The third-order valence-corrected chi connectivity index (χ3v) is 7.32. The number of phenols is 1. The Morgan fingerprint density at radius 1 is 1.09 bits per heavy atom. The number of likely N-dealkylation sites (tertiary alicyclic amines) is 1. The maximum Gasteiger partial charge on any atom is 0.233 e. The lowest BCUT2D eigenvalue weighted by Gasteiger charge is -2.42. The molecule has 1 aromatic rings. The Kier molecular flexibility index (Phi) is 4.48. The van der Waals surface area contributed by atoms with E-state index in [0.29, 0.717) is 34.5 Å². The molecule has 1 N–H and O–H groups in total. The number of allylic oxidation sites excluding steroid dienone is 6. The number of benzene rings is 1. The van der Waals surface area contributed by atoms with E-state index >= 15 is 0 Å². The fraction of sp³-hybridized carbons (Fsp3) is 0.360. The molecule has 0 spiro atoms. The Hall–Kier alpha value is -3.48. The summed E-state index contributed by atoms with van der Waals surface area (Å²) < 4.78 is 5.15. The molecule has 1 saturated heterocycles. The zero-order chi connectivity index (χ0) is 22.9. The Morgan fingerprint density at radius 3 is 2.53 bits per heavy atom. The molecule has 2 amide bonds. The molecule has 4 atom stereocenters. The van der Waals surface area contributed by atoms with Crippen LogP contribution in [0.3, 0.4) is 0 Å². The fourth-order valence-corrected chi connectivity index (χ4v) is 5.81. The van der Waals surface area contributed by atoms with E-state index in [2.05, 4.69) is 0 Å².